The molecule has 0 aromatic heterocycles. The highest BCUT2D eigenvalue weighted by Crippen LogP contribution is 2.39. The highest BCUT2D eigenvalue weighted by atomic mass is 19.2. The summed E-state index contributed by atoms with van der Waals surface area (Å²) in [6.45, 7) is 11.0. The fourth-order valence-corrected chi connectivity index (χ4v) is 6.71. The van der Waals surface area contributed by atoms with Crippen LogP contribution in [-0.2, 0) is 14.4 Å². The van der Waals surface area contributed by atoms with Crippen LogP contribution in [0.5, 0.6) is 0 Å². The van der Waals surface area contributed by atoms with Crippen molar-refractivity contribution in [1.82, 2.24) is 20.0 Å². The van der Waals surface area contributed by atoms with Gasteiger partial charge in [-0.2, -0.15) is 0 Å². The highest BCUT2D eigenvalue weighted by Gasteiger charge is 2.46. The van der Waals surface area contributed by atoms with E-state index in [0.717, 1.165) is 38.2 Å². The van der Waals surface area contributed by atoms with Crippen molar-refractivity contribution in [3.63, 3.8) is 0 Å². The van der Waals surface area contributed by atoms with E-state index in [1.807, 2.05) is 27.7 Å². The molecular formula is C30H43F3N4O3. The summed E-state index contributed by atoms with van der Waals surface area (Å²) in [4.78, 5) is 45.1. The first-order valence-corrected chi connectivity index (χ1v) is 14.5. The summed E-state index contributed by atoms with van der Waals surface area (Å²) in [5.74, 6) is -5.70. The third-order valence-corrected chi connectivity index (χ3v) is 9.02. The topological polar surface area (TPSA) is 73.0 Å². The Bertz CT molecular complexity index is 1120. The number of hydrogen-bond acceptors (Lipinski definition) is 4. The summed E-state index contributed by atoms with van der Waals surface area (Å²) in [5, 5.41) is 2.89. The van der Waals surface area contributed by atoms with E-state index in [1.165, 1.54) is 13.0 Å². The van der Waals surface area contributed by atoms with Gasteiger partial charge in [-0.25, -0.2) is 13.2 Å². The van der Waals surface area contributed by atoms with E-state index in [0.29, 0.717) is 32.7 Å². The maximum atomic E-state index is 14.9. The monoisotopic (exact) mass is 564 g/mol. The number of carbonyl (C=O) groups is 3. The second-order valence-electron chi connectivity index (χ2n) is 12.8. The molecule has 1 aromatic rings. The Morgan fingerprint density at radius 2 is 1.62 bits per heavy atom. The predicted octanol–water partition coefficient (Wildman–Crippen LogP) is 4.06. The Morgan fingerprint density at radius 3 is 2.23 bits per heavy atom. The van der Waals surface area contributed by atoms with E-state index in [9.17, 15) is 27.6 Å². The van der Waals surface area contributed by atoms with E-state index in [-0.39, 0.29) is 40.8 Å². The van der Waals surface area contributed by atoms with E-state index < -0.39 is 35.3 Å². The minimum absolute atomic E-state index is 0.0103. The van der Waals surface area contributed by atoms with Gasteiger partial charge in [-0.3, -0.25) is 19.3 Å². The Balaban J connectivity index is 1.51. The molecule has 3 aliphatic rings. The number of nitrogens with one attached hydrogen (secondary N) is 1. The van der Waals surface area contributed by atoms with Crippen molar-refractivity contribution in [2.75, 3.05) is 32.7 Å². The summed E-state index contributed by atoms with van der Waals surface area (Å²) in [6.07, 6.45) is 5.02. The number of piperazine rings is 1. The van der Waals surface area contributed by atoms with Crippen molar-refractivity contribution in [2.24, 2.45) is 11.8 Å². The van der Waals surface area contributed by atoms with Crippen LogP contribution in [0.4, 0.5) is 13.2 Å². The average molecular weight is 565 g/mol. The van der Waals surface area contributed by atoms with E-state index >= 15 is 0 Å². The first-order chi connectivity index (χ1) is 18.8. The van der Waals surface area contributed by atoms with Crippen LogP contribution < -0.4 is 5.32 Å². The van der Waals surface area contributed by atoms with Crippen LogP contribution in [0.2, 0.25) is 0 Å². The lowest BCUT2D eigenvalue weighted by molar-refractivity contribution is -0.147. The third-order valence-electron chi connectivity index (χ3n) is 9.02. The van der Waals surface area contributed by atoms with Crippen molar-refractivity contribution in [3.8, 4) is 0 Å². The van der Waals surface area contributed by atoms with Crippen LogP contribution in [0, 0.1) is 29.3 Å². The first-order valence-electron chi connectivity index (χ1n) is 14.5. The molecule has 1 N–H and O–H groups in total. The van der Waals surface area contributed by atoms with Gasteiger partial charge in [-0.1, -0.05) is 25.3 Å². The lowest BCUT2D eigenvalue weighted by Crippen LogP contribution is -2.61. The van der Waals surface area contributed by atoms with Crippen LogP contribution in [0.15, 0.2) is 12.1 Å². The van der Waals surface area contributed by atoms with Gasteiger partial charge in [0.25, 0.3) is 0 Å². The fraction of sp³-hybridized carbons (Fsp3) is 0.700. The molecule has 1 aliphatic carbocycles. The molecule has 3 amide bonds. The number of likely N-dealkylation sites (tertiary alicyclic amines) is 1. The van der Waals surface area contributed by atoms with E-state index in [4.69, 9.17) is 0 Å². The Labute approximate surface area is 235 Å². The highest BCUT2D eigenvalue weighted by molar-refractivity contribution is 5.88. The quantitative estimate of drug-likeness (QED) is 0.548. The number of carbonyl (C=O) groups excluding carboxylic acids is 3. The number of amides is 3. The SMILES string of the molecule is CC(=O)N[C@H](C(=O)N1CCN(C(=O)[C@@H]2CN(C(C)(C)C)C[C@H]2c2ccc(F)c(F)c2F)[C@@H](C)C1)C1CCCCC1. The number of benzene rings is 1. The van der Waals surface area contributed by atoms with Crippen molar-refractivity contribution >= 4 is 17.7 Å². The van der Waals surface area contributed by atoms with Crippen molar-refractivity contribution in [3.05, 3.63) is 35.1 Å². The number of halogens is 3. The first kappa shape index (κ1) is 30.3. The van der Waals surface area contributed by atoms with E-state index in [2.05, 4.69) is 10.2 Å². The molecule has 2 heterocycles. The van der Waals surface area contributed by atoms with Gasteiger partial charge < -0.3 is 15.1 Å². The van der Waals surface area contributed by atoms with Crippen molar-refractivity contribution < 1.29 is 27.6 Å². The molecule has 0 unspecified atom stereocenters. The Kier molecular flexibility index (Phi) is 9.17. The summed E-state index contributed by atoms with van der Waals surface area (Å²) >= 11 is 0. The fourth-order valence-electron chi connectivity index (χ4n) is 6.71. The van der Waals surface area contributed by atoms with Crippen LogP contribution >= 0.6 is 0 Å². The van der Waals surface area contributed by atoms with Crippen molar-refractivity contribution in [1.29, 1.82) is 0 Å². The molecule has 40 heavy (non-hydrogen) atoms. The number of hydrogen-bond donors (Lipinski definition) is 1. The smallest absolute Gasteiger partial charge is 0.245 e. The van der Waals surface area contributed by atoms with Crippen LogP contribution in [0.1, 0.15) is 78.2 Å². The average Bonchev–Trinajstić information content (AvgIpc) is 3.36. The minimum Gasteiger partial charge on any atom is -0.344 e. The molecule has 4 atom stereocenters. The van der Waals surface area contributed by atoms with E-state index in [1.54, 1.807) is 9.80 Å². The molecule has 222 valence electrons. The molecule has 1 aromatic carbocycles. The molecule has 3 fully saturated rings. The number of rotatable bonds is 5. The molecule has 0 bridgehead atoms. The predicted molar refractivity (Wildman–Crippen MR) is 146 cm³/mol. The van der Waals surface area contributed by atoms with Gasteiger partial charge in [-0.15, -0.1) is 0 Å². The third kappa shape index (κ3) is 6.31. The van der Waals surface area contributed by atoms with Gasteiger partial charge in [-0.05, 0) is 58.1 Å². The molecule has 0 radical (unpaired) electrons. The largest absolute Gasteiger partial charge is 0.344 e. The normalized spacial score (nSPS) is 25.6. The molecule has 10 heteroatoms. The van der Waals surface area contributed by atoms with Gasteiger partial charge in [0.05, 0.1) is 5.92 Å². The van der Waals surface area contributed by atoms with Gasteiger partial charge >= 0.3 is 0 Å². The van der Waals surface area contributed by atoms with Crippen LogP contribution in [0.25, 0.3) is 0 Å². The lowest BCUT2D eigenvalue weighted by atomic mass is 9.83. The molecule has 4 rings (SSSR count). The van der Waals surface area contributed by atoms with Crippen molar-refractivity contribution in [2.45, 2.75) is 90.3 Å². The molecule has 0 spiro atoms. The van der Waals surface area contributed by atoms with Gasteiger partial charge in [0, 0.05) is 57.1 Å². The maximum absolute atomic E-state index is 14.9. The zero-order valence-corrected chi connectivity index (χ0v) is 24.3. The summed E-state index contributed by atoms with van der Waals surface area (Å²) in [5.41, 5.74) is -0.298. The molecule has 7 nitrogen and oxygen atoms in total. The second-order valence-corrected chi connectivity index (χ2v) is 12.8. The second kappa shape index (κ2) is 12.1. The molecule has 2 aliphatic heterocycles. The molecular weight excluding hydrogens is 521 g/mol. The number of nitrogens with zero attached hydrogens (tertiary/aromatic N) is 3. The zero-order valence-electron chi connectivity index (χ0n) is 24.3. The summed E-state index contributed by atoms with van der Waals surface area (Å²) in [7, 11) is 0. The minimum atomic E-state index is -1.52. The maximum Gasteiger partial charge on any atom is 0.245 e. The molecule has 2 saturated heterocycles. The van der Waals surface area contributed by atoms with Gasteiger partial charge in [0.15, 0.2) is 17.5 Å². The Morgan fingerprint density at radius 1 is 0.950 bits per heavy atom. The van der Waals surface area contributed by atoms with Gasteiger partial charge in [0.2, 0.25) is 17.7 Å². The summed E-state index contributed by atoms with van der Waals surface area (Å²) < 4.78 is 42.8. The van der Waals surface area contributed by atoms with Crippen LogP contribution in [0.3, 0.4) is 0 Å². The zero-order chi connectivity index (χ0) is 29.4. The summed E-state index contributed by atoms with van der Waals surface area (Å²) in [6, 6.07) is 1.30. The van der Waals surface area contributed by atoms with Gasteiger partial charge in [0.1, 0.15) is 6.04 Å². The lowest BCUT2D eigenvalue weighted by Gasteiger charge is -2.43. The Hall–Kier alpha value is -2.62. The van der Waals surface area contributed by atoms with Crippen LogP contribution in [-0.4, -0.2) is 82.8 Å². The standard InChI is InChI=1S/C30H43F3N4O3/c1-18-15-35(29(40)27(34-19(2)38)20-9-7-6-8-10-20)13-14-37(18)28(39)23-17-36(30(3,4)5)16-22(23)21-11-12-24(31)26(33)25(21)32/h11-12,18,20,22-23,27H,6-10,13-17H2,1-5H3,(H,34,38)/t18-,22-,23+,27-/m0/s1. The molecule has 1 saturated carbocycles.